The Kier molecular flexibility index (Phi) is 4.25. The quantitative estimate of drug-likeness (QED) is 0.239. The highest BCUT2D eigenvalue weighted by molar-refractivity contribution is 6.23. The van der Waals surface area contributed by atoms with Gasteiger partial charge in [-0.25, -0.2) is 0 Å². The highest BCUT2D eigenvalue weighted by Gasteiger charge is 2.11. The zero-order valence-electron chi connectivity index (χ0n) is 18.7. The van der Waals surface area contributed by atoms with Gasteiger partial charge >= 0.3 is 0 Å². The Balaban J connectivity index is 1.44. The normalized spacial score (nSPS) is 11.5. The minimum Gasteiger partial charge on any atom is -0.0616 e. The average Bonchev–Trinajstić information content (AvgIpc) is 2.92. The summed E-state index contributed by atoms with van der Waals surface area (Å²) in [6.07, 6.45) is 0. The summed E-state index contributed by atoms with van der Waals surface area (Å²) in [4.78, 5) is 0. The van der Waals surface area contributed by atoms with Gasteiger partial charge in [-0.2, -0.15) is 0 Å². The molecule has 7 aromatic rings. The van der Waals surface area contributed by atoms with Crippen LogP contribution in [-0.2, 0) is 0 Å². The highest BCUT2D eigenvalue weighted by atomic mass is 14.1. The van der Waals surface area contributed by atoms with Gasteiger partial charge in [0.15, 0.2) is 0 Å². The molecule has 0 aromatic heterocycles. The van der Waals surface area contributed by atoms with E-state index in [9.17, 15) is 0 Å². The van der Waals surface area contributed by atoms with Gasteiger partial charge in [-0.1, -0.05) is 127 Å². The van der Waals surface area contributed by atoms with Crippen molar-refractivity contribution in [3.05, 3.63) is 133 Å². The molecule has 0 aliphatic rings. The average molecular weight is 431 g/mol. The smallest absolute Gasteiger partial charge is 0.00264 e. The van der Waals surface area contributed by atoms with Crippen LogP contribution in [0.15, 0.2) is 133 Å². The Labute approximate surface area is 198 Å². The van der Waals surface area contributed by atoms with E-state index in [1.54, 1.807) is 0 Å². The van der Waals surface area contributed by atoms with Gasteiger partial charge in [0.2, 0.25) is 0 Å². The van der Waals surface area contributed by atoms with Crippen molar-refractivity contribution in [2.75, 3.05) is 0 Å². The molecule has 0 nitrogen and oxygen atoms in total. The maximum atomic E-state index is 2.36. The second-order valence-electron chi connectivity index (χ2n) is 8.96. The van der Waals surface area contributed by atoms with Gasteiger partial charge in [0.25, 0.3) is 0 Å². The standard InChI is InChI=1S/C34H22/c1-3-11-28-23(8-1)10-7-15-29(28)25-16-18-26(19-17-25)33-22-27-21-20-24-9-2-4-12-30(24)34(27)32-14-6-5-13-31(32)33/h1-22H. The van der Waals surface area contributed by atoms with Gasteiger partial charge in [-0.05, 0) is 71.4 Å². The largest absolute Gasteiger partial charge is 0.0616 e. The molecule has 0 atom stereocenters. The zero-order chi connectivity index (χ0) is 22.5. The van der Waals surface area contributed by atoms with Crippen LogP contribution in [0.25, 0.3) is 65.3 Å². The van der Waals surface area contributed by atoms with Gasteiger partial charge in [0, 0.05) is 0 Å². The molecule has 0 amide bonds. The molecule has 34 heavy (non-hydrogen) atoms. The number of benzene rings is 7. The predicted molar refractivity (Wildman–Crippen MR) is 147 cm³/mol. The van der Waals surface area contributed by atoms with Gasteiger partial charge in [0.05, 0.1) is 0 Å². The molecule has 0 saturated carbocycles. The molecule has 0 N–H and O–H groups in total. The fourth-order valence-corrected chi connectivity index (χ4v) is 5.42. The molecular weight excluding hydrogens is 408 g/mol. The number of hydrogen-bond donors (Lipinski definition) is 0. The fourth-order valence-electron chi connectivity index (χ4n) is 5.42. The van der Waals surface area contributed by atoms with Crippen LogP contribution >= 0.6 is 0 Å². The Hall–Kier alpha value is -4.42. The van der Waals surface area contributed by atoms with E-state index in [2.05, 4.69) is 133 Å². The van der Waals surface area contributed by atoms with Crippen molar-refractivity contribution in [1.82, 2.24) is 0 Å². The SMILES string of the molecule is c1ccc2c(-c3ccc(-c4cc5ccc6ccccc6c5c5ccccc45)cc3)cccc2c1. The lowest BCUT2D eigenvalue weighted by atomic mass is 9.90. The molecule has 0 aliphatic heterocycles. The summed E-state index contributed by atoms with van der Waals surface area (Å²) >= 11 is 0. The van der Waals surface area contributed by atoms with Crippen LogP contribution in [-0.4, -0.2) is 0 Å². The Morgan fingerprint density at radius 2 is 0.824 bits per heavy atom. The third kappa shape index (κ3) is 2.93. The van der Waals surface area contributed by atoms with Crippen molar-refractivity contribution in [2.45, 2.75) is 0 Å². The van der Waals surface area contributed by atoms with E-state index < -0.39 is 0 Å². The monoisotopic (exact) mass is 430 g/mol. The Morgan fingerprint density at radius 3 is 1.59 bits per heavy atom. The molecule has 7 rings (SSSR count). The molecule has 0 unspecified atom stereocenters. The summed E-state index contributed by atoms with van der Waals surface area (Å²) in [7, 11) is 0. The third-order valence-corrected chi connectivity index (χ3v) is 7.04. The second kappa shape index (κ2) is 7.57. The highest BCUT2D eigenvalue weighted by Crippen LogP contribution is 2.39. The fraction of sp³-hybridized carbons (Fsp3) is 0. The van der Waals surface area contributed by atoms with E-state index in [1.165, 1.54) is 65.3 Å². The first-order valence-corrected chi connectivity index (χ1v) is 11.8. The van der Waals surface area contributed by atoms with Crippen LogP contribution < -0.4 is 0 Å². The van der Waals surface area contributed by atoms with Crippen molar-refractivity contribution < 1.29 is 0 Å². The first kappa shape index (κ1) is 19.1. The van der Waals surface area contributed by atoms with E-state index in [4.69, 9.17) is 0 Å². The second-order valence-corrected chi connectivity index (χ2v) is 8.96. The van der Waals surface area contributed by atoms with Crippen LogP contribution in [0.4, 0.5) is 0 Å². The molecule has 0 heterocycles. The van der Waals surface area contributed by atoms with E-state index in [1.807, 2.05) is 0 Å². The van der Waals surface area contributed by atoms with E-state index in [0.717, 1.165) is 0 Å². The first-order valence-electron chi connectivity index (χ1n) is 11.8. The maximum absolute atomic E-state index is 2.36. The Morgan fingerprint density at radius 1 is 0.294 bits per heavy atom. The van der Waals surface area contributed by atoms with Gasteiger partial charge < -0.3 is 0 Å². The summed E-state index contributed by atoms with van der Waals surface area (Å²) < 4.78 is 0. The molecule has 0 spiro atoms. The van der Waals surface area contributed by atoms with Crippen molar-refractivity contribution in [3.8, 4) is 22.3 Å². The lowest BCUT2D eigenvalue weighted by Gasteiger charge is -2.14. The lowest BCUT2D eigenvalue weighted by Crippen LogP contribution is -1.87. The van der Waals surface area contributed by atoms with Crippen LogP contribution in [0.5, 0.6) is 0 Å². The van der Waals surface area contributed by atoms with Crippen molar-refractivity contribution in [3.63, 3.8) is 0 Å². The van der Waals surface area contributed by atoms with Gasteiger partial charge in [-0.15, -0.1) is 0 Å². The zero-order valence-corrected chi connectivity index (χ0v) is 18.7. The lowest BCUT2D eigenvalue weighted by molar-refractivity contribution is 1.63. The van der Waals surface area contributed by atoms with Crippen LogP contribution in [0.3, 0.4) is 0 Å². The summed E-state index contributed by atoms with van der Waals surface area (Å²) in [6, 6.07) is 48.6. The van der Waals surface area contributed by atoms with Crippen LogP contribution in [0.2, 0.25) is 0 Å². The maximum Gasteiger partial charge on any atom is -0.00264 e. The van der Waals surface area contributed by atoms with Gasteiger partial charge in [-0.3, -0.25) is 0 Å². The molecule has 0 aliphatic carbocycles. The number of hydrogen-bond acceptors (Lipinski definition) is 0. The molecule has 0 heteroatoms. The molecular formula is C34H22. The number of rotatable bonds is 2. The van der Waals surface area contributed by atoms with Crippen LogP contribution in [0, 0.1) is 0 Å². The van der Waals surface area contributed by atoms with Crippen molar-refractivity contribution in [1.29, 1.82) is 0 Å². The van der Waals surface area contributed by atoms with E-state index in [0.29, 0.717) is 0 Å². The van der Waals surface area contributed by atoms with E-state index >= 15 is 0 Å². The molecule has 158 valence electrons. The molecule has 0 bridgehead atoms. The van der Waals surface area contributed by atoms with Crippen molar-refractivity contribution >= 4 is 43.1 Å². The summed E-state index contributed by atoms with van der Waals surface area (Å²) in [5, 5.41) is 10.4. The summed E-state index contributed by atoms with van der Waals surface area (Å²) in [5.74, 6) is 0. The minimum absolute atomic E-state index is 1.25. The molecule has 0 fully saturated rings. The third-order valence-electron chi connectivity index (χ3n) is 7.04. The van der Waals surface area contributed by atoms with Crippen molar-refractivity contribution in [2.24, 2.45) is 0 Å². The molecule has 0 radical (unpaired) electrons. The van der Waals surface area contributed by atoms with Crippen LogP contribution in [0.1, 0.15) is 0 Å². The summed E-state index contributed by atoms with van der Waals surface area (Å²) in [5.41, 5.74) is 5.05. The summed E-state index contributed by atoms with van der Waals surface area (Å²) in [6.45, 7) is 0. The topological polar surface area (TPSA) is 0 Å². The Bertz CT molecular complexity index is 1830. The molecule has 7 aromatic carbocycles. The minimum atomic E-state index is 1.25. The van der Waals surface area contributed by atoms with Gasteiger partial charge in [0.1, 0.15) is 0 Å². The molecule has 0 saturated heterocycles. The number of fused-ring (bicyclic) bond motifs is 6. The first-order chi connectivity index (χ1) is 16.9. The predicted octanol–water partition coefficient (Wildman–Crippen LogP) is 9.63. The van der Waals surface area contributed by atoms with E-state index in [-0.39, 0.29) is 0 Å².